The third-order valence-electron chi connectivity index (χ3n) is 3.49. The lowest BCUT2D eigenvalue weighted by molar-refractivity contribution is 0.254. The summed E-state index contributed by atoms with van der Waals surface area (Å²) in [5.74, 6) is 0. The monoisotopic (exact) mass is 268 g/mol. The SMILES string of the molecule is CNC(=O)Nc1c2nn3cc(-c4cnn(C)c4)cc2c13. The molecule has 0 saturated carbocycles. The van der Waals surface area contributed by atoms with Crippen LogP contribution in [0.2, 0.25) is 0 Å². The molecule has 1 aromatic carbocycles. The maximum Gasteiger partial charge on any atom is 0.319 e. The van der Waals surface area contributed by atoms with Crippen LogP contribution in [0.5, 0.6) is 0 Å². The number of nitrogens with one attached hydrogen (secondary N) is 2. The lowest BCUT2D eigenvalue weighted by Crippen LogP contribution is -2.25. The molecule has 20 heavy (non-hydrogen) atoms. The minimum Gasteiger partial charge on any atom is -0.341 e. The fraction of sp³-hybridized carbons (Fsp3) is 0.154. The summed E-state index contributed by atoms with van der Waals surface area (Å²) in [5.41, 5.74) is 4.69. The van der Waals surface area contributed by atoms with Gasteiger partial charge in [0.1, 0.15) is 11.0 Å². The van der Waals surface area contributed by atoms with Gasteiger partial charge in [-0.25, -0.2) is 9.31 Å². The van der Waals surface area contributed by atoms with Gasteiger partial charge in [0.2, 0.25) is 0 Å². The molecule has 0 aliphatic rings. The minimum atomic E-state index is -0.233. The van der Waals surface area contributed by atoms with Crippen LogP contribution in [-0.4, -0.2) is 32.5 Å². The average Bonchev–Trinajstić information content (AvgIpc) is 3.08. The van der Waals surface area contributed by atoms with E-state index in [-0.39, 0.29) is 6.03 Å². The van der Waals surface area contributed by atoms with Crippen molar-refractivity contribution in [1.29, 1.82) is 0 Å². The smallest absolute Gasteiger partial charge is 0.319 e. The molecule has 0 spiro atoms. The predicted molar refractivity (Wildman–Crippen MR) is 75.4 cm³/mol. The number of anilines is 1. The van der Waals surface area contributed by atoms with Gasteiger partial charge in [-0.05, 0) is 6.07 Å². The molecule has 5 aromatic rings. The Bertz CT molecular complexity index is 886. The minimum absolute atomic E-state index is 0.233. The third-order valence-corrected chi connectivity index (χ3v) is 3.49. The molecule has 0 unspecified atom stereocenters. The van der Waals surface area contributed by atoms with E-state index in [2.05, 4.69) is 26.9 Å². The number of carbonyl (C=O) groups is 1. The highest BCUT2D eigenvalue weighted by molar-refractivity contribution is 6.22. The van der Waals surface area contributed by atoms with Gasteiger partial charge in [0.05, 0.1) is 11.9 Å². The first-order valence-electron chi connectivity index (χ1n) is 6.22. The largest absolute Gasteiger partial charge is 0.341 e. The first kappa shape index (κ1) is 11.0. The molecule has 4 bridgehead atoms. The summed E-state index contributed by atoms with van der Waals surface area (Å²) in [5, 5.41) is 15.0. The highest BCUT2D eigenvalue weighted by Gasteiger charge is 2.24. The van der Waals surface area contributed by atoms with Gasteiger partial charge in [-0.15, -0.1) is 0 Å². The Balaban J connectivity index is 1.78. The van der Waals surface area contributed by atoms with Crippen molar-refractivity contribution < 1.29 is 4.79 Å². The maximum absolute atomic E-state index is 11.4. The van der Waals surface area contributed by atoms with E-state index >= 15 is 0 Å². The number of carbonyl (C=O) groups excluding carboxylic acids is 1. The Kier molecular flexibility index (Phi) is 1.98. The molecule has 0 atom stereocenters. The fourth-order valence-corrected chi connectivity index (χ4v) is 2.51. The number of hydrogen-bond acceptors (Lipinski definition) is 3. The zero-order valence-electron chi connectivity index (χ0n) is 11.0. The third kappa shape index (κ3) is 1.31. The number of pyridine rings is 1. The first-order chi connectivity index (χ1) is 9.67. The van der Waals surface area contributed by atoms with E-state index < -0.39 is 0 Å². The zero-order valence-corrected chi connectivity index (χ0v) is 11.0. The first-order valence-corrected chi connectivity index (χ1v) is 6.22. The van der Waals surface area contributed by atoms with Gasteiger partial charge in [-0.3, -0.25) is 4.68 Å². The lowest BCUT2D eigenvalue weighted by Gasteiger charge is -2.10. The quantitative estimate of drug-likeness (QED) is 0.578. The summed E-state index contributed by atoms with van der Waals surface area (Å²) in [7, 11) is 3.48. The van der Waals surface area contributed by atoms with Crippen molar-refractivity contribution in [2.24, 2.45) is 7.05 Å². The zero-order chi connectivity index (χ0) is 13.9. The number of rotatable bonds is 2. The molecule has 5 rings (SSSR count). The van der Waals surface area contributed by atoms with Crippen molar-refractivity contribution in [3.8, 4) is 11.1 Å². The van der Waals surface area contributed by atoms with Gasteiger partial charge in [-0.1, -0.05) is 0 Å². The number of urea groups is 1. The highest BCUT2D eigenvalue weighted by Crippen LogP contribution is 2.41. The second-order valence-corrected chi connectivity index (χ2v) is 4.77. The summed E-state index contributed by atoms with van der Waals surface area (Å²) >= 11 is 0. The van der Waals surface area contributed by atoms with Gasteiger partial charge in [0.15, 0.2) is 0 Å². The van der Waals surface area contributed by atoms with E-state index in [9.17, 15) is 4.79 Å². The van der Waals surface area contributed by atoms with Crippen LogP contribution in [0.25, 0.3) is 27.5 Å². The van der Waals surface area contributed by atoms with Crippen molar-refractivity contribution in [3.05, 3.63) is 24.7 Å². The molecule has 4 aromatic heterocycles. The molecule has 2 amide bonds. The molecule has 0 aliphatic heterocycles. The molecule has 100 valence electrons. The summed E-state index contributed by atoms with van der Waals surface area (Å²) in [4.78, 5) is 11.4. The molecule has 0 saturated heterocycles. The highest BCUT2D eigenvalue weighted by atomic mass is 16.2. The average molecular weight is 268 g/mol. The van der Waals surface area contributed by atoms with Gasteiger partial charge >= 0.3 is 6.03 Å². The number of aromatic nitrogens is 4. The lowest BCUT2D eigenvalue weighted by atomic mass is 10.0. The van der Waals surface area contributed by atoms with Crippen molar-refractivity contribution in [3.63, 3.8) is 0 Å². The molecular weight excluding hydrogens is 256 g/mol. The molecule has 7 heteroatoms. The number of nitrogens with zero attached hydrogens (tertiary/aromatic N) is 4. The Labute approximate surface area is 113 Å². The summed E-state index contributed by atoms with van der Waals surface area (Å²) in [6.07, 6.45) is 5.73. The molecule has 7 nitrogen and oxygen atoms in total. The van der Waals surface area contributed by atoms with Crippen molar-refractivity contribution in [2.45, 2.75) is 0 Å². The van der Waals surface area contributed by atoms with E-state index in [4.69, 9.17) is 0 Å². The number of amides is 2. The van der Waals surface area contributed by atoms with Gasteiger partial charge in [0, 0.05) is 43.0 Å². The van der Waals surface area contributed by atoms with Gasteiger partial charge in [0.25, 0.3) is 0 Å². The topological polar surface area (TPSA) is 76.2 Å². The molecule has 0 radical (unpaired) electrons. The summed E-state index contributed by atoms with van der Waals surface area (Å²) in [6, 6.07) is 1.84. The molecule has 0 aliphatic carbocycles. The second kappa shape index (κ2) is 3.60. The molecule has 0 fully saturated rings. The van der Waals surface area contributed by atoms with E-state index in [1.165, 1.54) is 0 Å². The Morgan fingerprint density at radius 2 is 2.15 bits per heavy atom. The van der Waals surface area contributed by atoms with E-state index in [0.29, 0.717) is 0 Å². The van der Waals surface area contributed by atoms with Gasteiger partial charge in [-0.2, -0.15) is 10.2 Å². The van der Waals surface area contributed by atoms with Gasteiger partial charge < -0.3 is 10.6 Å². The van der Waals surface area contributed by atoms with Crippen LogP contribution in [-0.2, 0) is 7.05 Å². The Morgan fingerprint density at radius 3 is 2.80 bits per heavy atom. The van der Waals surface area contributed by atoms with E-state index in [1.807, 2.05) is 25.6 Å². The number of hydrogen-bond donors (Lipinski definition) is 2. The summed E-state index contributed by atoms with van der Waals surface area (Å²) < 4.78 is 3.57. The molecular formula is C13H12N6O. The van der Waals surface area contributed by atoms with Crippen molar-refractivity contribution in [2.75, 3.05) is 12.4 Å². The standard InChI is InChI=1S/C13H12N6O/c1-14-13(20)16-11-10-9-3-7(6-19(17-10)12(9)11)8-4-15-18(2)5-8/h3-6H,1-2H3,(H2,14,16,20). The van der Waals surface area contributed by atoms with Crippen LogP contribution in [0.1, 0.15) is 0 Å². The van der Waals surface area contributed by atoms with Crippen LogP contribution >= 0.6 is 0 Å². The van der Waals surface area contributed by atoms with Crippen LogP contribution in [0, 0.1) is 0 Å². The normalized spacial score (nSPS) is 11.7. The Hall–Kier alpha value is -2.83. The van der Waals surface area contributed by atoms with E-state index in [1.54, 1.807) is 16.2 Å². The predicted octanol–water partition coefficient (Wildman–Crippen LogP) is 1.51. The fourth-order valence-electron chi connectivity index (χ4n) is 2.51. The Morgan fingerprint density at radius 1 is 1.30 bits per heavy atom. The van der Waals surface area contributed by atoms with Crippen LogP contribution in [0.3, 0.4) is 0 Å². The van der Waals surface area contributed by atoms with Crippen LogP contribution in [0.4, 0.5) is 10.5 Å². The van der Waals surface area contributed by atoms with Crippen molar-refractivity contribution >= 4 is 28.1 Å². The van der Waals surface area contributed by atoms with Crippen molar-refractivity contribution in [1.82, 2.24) is 24.7 Å². The van der Waals surface area contributed by atoms with Crippen LogP contribution in [0.15, 0.2) is 24.7 Å². The van der Waals surface area contributed by atoms with Crippen LogP contribution < -0.4 is 10.6 Å². The molecule has 2 N–H and O–H groups in total. The summed E-state index contributed by atoms with van der Waals surface area (Å²) in [6.45, 7) is 0. The van der Waals surface area contributed by atoms with E-state index in [0.717, 1.165) is 33.2 Å². The maximum atomic E-state index is 11.4. The molecule has 4 heterocycles. The number of aryl methyl sites for hydroxylation is 1. The second-order valence-electron chi connectivity index (χ2n) is 4.77.